The first-order valence-corrected chi connectivity index (χ1v) is 8.27. The summed E-state index contributed by atoms with van der Waals surface area (Å²) in [5.41, 5.74) is 3.58. The Bertz CT molecular complexity index is 1080. The Labute approximate surface area is 149 Å². The quantitative estimate of drug-likeness (QED) is 0.596. The molecule has 1 N–H and O–H groups in total. The molecule has 0 fully saturated rings. The van der Waals surface area contributed by atoms with Crippen molar-refractivity contribution in [3.63, 3.8) is 0 Å². The number of nitrogens with one attached hydrogen (secondary N) is 1. The van der Waals surface area contributed by atoms with Crippen LogP contribution in [0.3, 0.4) is 0 Å². The van der Waals surface area contributed by atoms with Crippen LogP contribution in [0.1, 0.15) is 17.3 Å². The van der Waals surface area contributed by atoms with Gasteiger partial charge < -0.3 is 14.2 Å². The van der Waals surface area contributed by atoms with Gasteiger partial charge in [0.2, 0.25) is 11.8 Å². The third-order valence-electron chi connectivity index (χ3n) is 4.02. The van der Waals surface area contributed by atoms with Gasteiger partial charge in [0.1, 0.15) is 11.3 Å². The van der Waals surface area contributed by atoms with Gasteiger partial charge in [-0.25, -0.2) is 9.97 Å². The Morgan fingerprint density at radius 3 is 2.65 bits per heavy atom. The number of oxazole rings is 2. The molecule has 0 saturated carbocycles. The van der Waals surface area contributed by atoms with Crippen LogP contribution in [-0.4, -0.2) is 15.9 Å². The Morgan fingerprint density at radius 1 is 1.04 bits per heavy atom. The van der Waals surface area contributed by atoms with E-state index in [1.54, 1.807) is 25.1 Å². The number of fused-ring (bicyclic) bond motifs is 1. The van der Waals surface area contributed by atoms with Crippen LogP contribution in [0.5, 0.6) is 0 Å². The minimum absolute atomic E-state index is 0.137. The van der Waals surface area contributed by atoms with Gasteiger partial charge in [0.25, 0.3) is 0 Å². The van der Waals surface area contributed by atoms with Crippen LogP contribution in [0, 0.1) is 13.8 Å². The molecule has 4 aromatic rings. The lowest BCUT2D eigenvalue weighted by Crippen LogP contribution is -2.15. The highest BCUT2D eigenvalue weighted by Gasteiger charge is 2.15. The largest absolute Gasteiger partial charge is 0.441 e. The number of nitrogens with zero attached hydrogens (tertiary/aromatic N) is 2. The summed E-state index contributed by atoms with van der Waals surface area (Å²) in [6.45, 7) is 3.60. The third-order valence-corrected chi connectivity index (χ3v) is 4.02. The van der Waals surface area contributed by atoms with Gasteiger partial charge in [-0.05, 0) is 37.3 Å². The lowest BCUT2D eigenvalue weighted by Gasteiger charge is -2.03. The number of aryl methyl sites for hydroxylation is 2. The zero-order valence-corrected chi connectivity index (χ0v) is 14.4. The smallest absolute Gasteiger partial charge is 0.230 e. The van der Waals surface area contributed by atoms with Crippen molar-refractivity contribution in [2.24, 2.45) is 0 Å². The number of benzene rings is 2. The summed E-state index contributed by atoms with van der Waals surface area (Å²) >= 11 is 0. The Morgan fingerprint density at radius 2 is 1.85 bits per heavy atom. The summed E-state index contributed by atoms with van der Waals surface area (Å²) in [6, 6.07) is 15.0. The average Bonchev–Trinajstić information content (AvgIpc) is 3.17. The van der Waals surface area contributed by atoms with E-state index in [4.69, 9.17) is 8.83 Å². The number of rotatable bonds is 4. The molecule has 4 rings (SSSR count). The molecule has 0 bridgehead atoms. The molecule has 0 aliphatic carbocycles. The van der Waals surface area contributed by atoms with E-state index in [9.17, 15) is 4.79 Å². The van der Waals surface area contributed by atoms with E-state index in [0.29, 0.717) is 40.0 Å². The van der Waals surface area contributed by atoms with Crippen LogP contribution in [0.2, 0.25) is 0 Å². The van der Waals surface area contributed by atoms with Crippen molar-refractivity contribution < 1.29 is 13.6 Å². The van der Waals surface area contributed by atoms with E-state index in [2.05, 4.69) is 15.3 Å². The molecule has 6 nitrogen and oxygen atoms in total. The van der Waals surface area contributed by atoms with Crippen LogP contribution in [0.25, 0.3) is 22.6 Å². The topological polar surface area (TPSA) is 81.2 Å². The fraction of sp³-hybridized carbons (Fsp3) is 0.150. The summed E-state index contributed by atoms with van der Waals surface area (Å²) < 4.78 is 11.1. The number of hydrogen-bond donors (Lipinski definition) is 1. The second-order valence-corrected chi connectivity index (χ2v) is 6.03. The van der Waals surface area contributed by atoms with Crippen molar-refractivity contribution >= 4 is 22.7 Å². The molecule has 0 unspecified atom stereocenters. The van der Waals surface area contributed by atoms with E-state index in [1.807, 2.05) is 37.3 Å². The highest BCUT2D eigenvalue weighted by molar-refractivity contribution is 5.94. The molecule has 0 spiro atoms. The predicted molar refractivity (Wildman–Crippen MR) is 97.8 cm³/mol. The molecule has 2 aromatic heterocycles. The molecule has 0 radical (unpaired) electrons. The molecular weight excluding hydrogens is 330 g/mol. The number of anilines is 1. The van der Waals surface area contributed by atoms with Crippen molar-refractivity contribution in [2.45, 2.75) is 20.3 Å². The molecule has 0 aliphatic heterocycles. The highest BCUT2D eigenvalue weighted by atomic mass is 16.4. The zero-order valence-electron chi connectivity index (χ0n) is 14.4. The first-order chi connectivity index (χ1) is 12.6. The molecule has 26 heavy (non-hydrogen) atoms. The van der Waals surface area contributed by atoms with Crippen molar-refractivity contribution in [2.75, 3.05) is 5.32 Å². The van der Waals surface area contributed by atoms with Crippen molar-refractivity contribution in [3.8, 4) is 11.5 Å². The second kappa shape index (κ2) is 6.48. The highest BCUT2D eigenvalue weighted by Crippen LogP contribution is 2.23. The number of amides is 1. The summed E-state index contributed by atoms with van der Waals surface area (Å²) in [4.78, 5) is 21.1. The van der Waals surface area contributed by atoms with Gasteiger partial charge in [-0.2, -0.15) is 0 Å². The molecule has 1 amide bonds. The number of aromatic nitrogens is 2. The Balaban J connectivity index is 1.50. The molecule has 2 aromatic carbocycles. The maximum Gasteiger partial charge on any atom is 0.230 e. The molecule has 0 atom stereocenters. The van der Waals surface area contributed by atoms with E-state index in [-0.39, 0.29) is 12.3 Å². The standard InChI is InChI=1S/C20H17N3O3/c1-12-16(23-20(25-12)14-6-4-3-5-7-14)11-19(24)22-15-8-9-18-17(10-15)21-13(2)26-18/h3-10H,11H2,1-2H3,(H,22,24). The predicted octanol–water partition coefficient (Wildman–Crippen LogP) is 4.28. The van der Waals surface area contributed by atoms with Crippen molar-refractivity contribution in [3.05, 3.63) is 65.9 Å². The molecule has 0 aliphatic rings. The summed E-state index contributed by atoms with van der Waals surface area (Å²) in [5, 5.41) is 2.87. The lowest BCUT2D eigenvalue weighted by atomic mass is 10.2. The van der Waals surface area contributed by atoms with Gasteiger partial charge in [-0.1, -0.05) is 18.2 Å². The SMILES string of the molecule is Cc1nc2cc(NC(=O)Cc3nc(-c4ccccc4)oc3C)ccc2o1. The number of hydrogen-bond acceptors (Lipinski definition) is 5. The van der Waals surface area contributed by atoms with Crippen LogP contribution < -0.4 is 5.32 Å². The first kappa shape index (κ1) is 16.1. The first-order valence-electron chi connectivity index (χ1n) is 8.27. The van der Waals surface area contributed by atoms with Gasteiger partial charge in [0.05, 0.1) is 12.1 Å². The van der Waals surface area contributed by atoms with Gasteiger partial charge >= 0.3 is 0 Å². The number of carbonyl (C=O) groups is 1. The Hall–Kier alpha value is -3.41. The molecule has 6 heteroatoms. The maximum atomic E-state index is 12.4. The summed E-state index contributed by atoms with van der Waals surface area (Å²) in [5.74, 6) is 1.59. The van der Waals surface area contributed by atoms with Crippen LogP contribution in [-0.2, 0) is 11.2 Å². The minimum atomic E-state index is -0.166. The monoisotopic (exact) mass is 347 g/mol. The van der Waals surface area contributed by atoms with Crippen molar-refractivity contribution in [1.29, 1.82) is 0 Å². The third kappa shape index (κ3) is 3.21. The van der Waals surface area contributed by atoms with Crippen LogP contribution in [0.15, 0.2) is 57.4 Å². The molecular formula is C20H17N3O3. The maximum absolute atomic E-state index is 12.4. The van der Waals surface area contributed by atoms with Crippen molar-refractivity contribution in [1.82, 2.24) is 9.97 Å². The van der Waals surface area contributed by atoms with Gasteiger partial charge in [0.15, 0.2) is 11.5 Å². The van der Waals surface area contributed by atoms with Crippen LogP contribution >= 0.6 is 0 Å². The minimum Gasteiger partial charge on any atom is -0.441 e. The average molecular weight is 347 g/mol. The van der Waals surface area contributed by atoms with E-state index >= 15 is 0 Å². The Kier molecular flexibility index (Phi) is 4.01. The van der Waals surface area contributed by atoms with Gasteiger partial charge in [-0.15, -0.1) is 0 Å². The van der Waals surface area contributed by atoms with E-state index in [0.717, 1.165) is 5.56 Å². The zero-order chi connectivity index (χ0) is 18.1. The normalized spacial score (nSPS) is 11.0. The fourth-order valence-corrected chi connectivity index (χ4v) is 2.77. The second-order valence-electron chi connectivity index (χ2n) is 6.03. The van der Waals surface area contributed by atoms with E-state index in [1.165, 1.54) is 0 Å². The fourth-order valence-electron chi connectivity index (χ4n) is 2.77. The van der Waals surface area contributed by atoms with E-state index < -0.39 is 0 Å². The molecule has 2 heterocycles. The summed E-state index contributed by atoms with van der Waals surface area (Å²) in [7, 11) is 0. The summed E-state index contributed by atoms with van der Waals surface area (Å²) in [6.07, 6.45) is 0.137. The lowest BCUT2D eigenvalue weighted by molar-refractivity contribution is -0.115. The van der Waals surface area contributed by atoms with Gasteiger partial charge in [0, 0.05) is 18.2 Å². The number of carbonyl (C=O) groups excluding carboxylic acids is 1. The molecule has 130 valence electrons. The molecule has 0 saturated heterocycles. The van der Waals surface area contributed by atoms with Gasteiger partial charge in [-0.3, -0.25) is 4.79 Å². The van der Waals surface area contributed by atoms with Crippen LogP contribution in [0.4, 0.5) is 5.69 Å².